The Balaban J connectivity index is 0.622. The third kappa shape index (κ3) is 13.0. The van der Waals surface area contributed by atoms with Crippen LogP contribution in [0, 0.1) is 0 Å². The van der Waals surface area contributed by atoms with Gasteiger partial charge in [-0.1, -0.05) is 249 Å². The van der Waals surface area contributed by atoms with Crippen LogP contribution in [0.4, 0.5) is 56.9 Å². The van der Waals surface area contributed by atoms with E-state index >= 15 is 0 Å². The fourth-order valence-corrected chi connectivity index (χ4v) is 13.8. The number of hydrogen-bond donors (Lipinski definition) is 0. The normalized spacial score (nSPS) is 15.0. The van der Waals surface area contributed by atoms with Crippen molar-refractivity contribution < 1.29 is 0 Å². The molecule has 95 heavy (non-hydrogen) atoms. The molecule has 2 unspecified atom stereocenters. The lowest BCUT2D eigenvalue weighted by molar-refractivity contribution is 0.452. The van der Waals surface area contributed by atoms with Crippen LogP contribution >= 0.6 is 0 Å². The van der Waals surface area contributed by atoms with Crippen molar-refractivity contribution in [3.63, 3.8) is 0 Å². The van der Waals surface area contributed by atoms with E-state index in [0.717, 1.165) is 93.6 Å². The summed E-state index contributed by atoms with van der Waals surface area (Å²) in [5.74, 6) is 0.331. The predicted octanol–water partition coefficient (Wildman–Crippen LogP) is 25.4. The van der Waals surface area contributed by atoms with Crippen molar-refractivity contribution >= 4 is 56.9 Å². The third-order valence-corrected chi connectivity index (χ3v) is 18.9. The lowest BCUT2D eigenvalue weighted by atomic mass is 9.79. The van der Waals surface area contributed by atoms with Crippen molar-refractivity contribution in [1.82, 2.24) is 0 Å². The highest BCUT2D eigenvalue weighted by Gasteiger charge is 2.35. The maximum Gasteiger partial charge on any atom is 0.0605 e. The molecule has 0 bridgehead atoms. The molecule has 0 radical (unpaired) electrons. The van der Waals surface area contributed by atoms with Crippen molar-refractivity contribution in [2.24, 2.45) is 0 Å². The van der Waals surface area contributed by atoms with Gasteiger partial charge in [-0.05, 0) is 221 Å². The Morgan fingerprint density at radius 1 is 0.274 bits per heavy atom. The van der Waals surface area contributed by atoms with Crippen molar-refractivity contribution in [3.8, 4) is 55.6 Å². The zero-order chi connectivity index (χ0) is 63.8. The summed E-state index contributed by atoms with van der Waals surface area (Å²) >= 11 is 0. The molecule has 0 saturated heterocycles. The molecule has 4 nitrogen and oxygen atoms in total. The lowest BCUT2D eigenvalue weighted by Crippen LogP contribution is -2.46. The van der Waals surface area contributed by atoms with Gasteiger partial charge < -0.3 is 19.6 Å². The van der Waals surface area contributed by atoms with Crippen LogP contribution < -0.4 is 19.6 Å². The smallest absolute Gasteiger partial charge is 0.0605 e. The zero-order valence-electron chi connectivity index (χ0n) is 53.5. The van der Waals surface area contributed by atoms with Crippen LogP contribution in [0.3, 0.4) is 0 Å². The Kier molecular flexibility index (Phi) is 17.1. The van der Waals surface area contributed by atoms with Crippen LogP contribution in [-0.4, -0.2) is 5.54 Å². The minimum absolute atomic E-state index is 0.170. The second-order valence-corrected chi connectivity index (χ2v) is 25.0. The summed E-state index contributed by atoms with van der Waals surface area (Å²) in [5, 5.41) is 0. The molecule has 0 spiro atoms. The standard InChI is InChI=1S/C91H74N4/c1-91(95(89-30-18-7-19-31-89)90-62-48-73(49-63-90)69-22-10-3-11-23-69)66-64-79(65-67-91)78-46-60-88(61-47-78)94(82-28-16-6-17-29-82)85-54-40-75(41-55-85)71-34-32-70(33-35-71)74-38-52-84(53-39-74)93(81-26-14-5-15-27-81)87-58-44-77(45-59-87)76-42-56-86(57-43-76)92(80-24-12-4-13-25-80)83-50-36-72(37-51-83)68-20-8-2-9-21-68/h2-6,8-18,20-64,66,79H,7,19,65,67H2,1H3. The summed E-state index contributed by atoms with van der Waals surface area (Å²) in [7, 11) is 0. The van der Waals surface area contributed by atoms with Gasteiger partial charge in [-0.15, -0.1) is 0 Å². The molecule has 0 N–H and O–H groups in total. The van der Waals surface area contributed by atoms with E-state index in [1.54, 1.807) is 0 Å². The van der Waals surface area contributed by atoms with Crippen molar-refractivity contribution in [3.05, 3.63) is 387 Å². The second-order valence-electron chi connectivity index (χ2n) is 25.0. The second kappa shape index (κ2) is 27.2. The Hall–Kier alpha value is -11.7. The monoisotopic (exact) mass is 1220 g/mol. The van der Waals surface area contributed by atoms with Crippen LogP contribution in [0.5, 0.6) is 0 Å². The van der Waals surface area contributed by atoms with Gasteiger partial charge in [0.2, 0.25) is 0 Å². The fourth-order valence-electron chi connectivity index (χ4n) is 13.8. The van der Waals surface area contributed by atoms with E-state index in [0.29, 0.717) is 5.92 Å². The average Bonchev–Trinajstić information content (AvgIpc) is 0.809. The molecule has 2 aliphatic carbocycles. The highest BCUT2D eigenvalue weighted by atomic mass is 15.2. The molecular formula is C91H74N4. The van der Waals surface area contributed by atoms with Crippen molar-refractivity contribution in [1.29, 1.82) is 0 Å². The first kappa shape index (κ1) is 59.6. The topological polar surface area (TPSA) is 13.0 Å². The van der Waals surface area contributed by atoms with Crippen LogP contribution in [-0.2, 0) is 0 Å². The van der Waals surface area contributed by atoms with Crippen molar-refractivity contribution in [2.75, 3.05) is 19.6 Å². The maximum atomic E-state index is 2.57. The van der Waals surface area contributed by atoms with Gasteiger partial charge >= 0.3 is 0 Å². The predicted molar refractivity (Wildman–Crippen MR) is 403 cm³/mol. The number of anilines is 10. The van der Waals surface area contributed by atoms with Gasteiger partial charge in [0, 0.05) is 68.5 Å². The first-order valence-corrected chi connectivity index (χ1v) is 33.3. The number of hydrogen-bond acceptors (Lipinski definition) is 4. The Morgan fingerprint density at radius 2 is 0.537 bits per heavy atom. The van der Waals surface area contributed by atoms with E-state index in [1.807, 2.05) is 0 Å². The molecule has 2 atom stereocenters. The summed E-state index contributed by atoms with van der Waals surface area (Å²) in [6, 6.07) is 125. The molecule has 0 fully saturated rings. The molecule has 0 aromatic heterocycles. The van der Waals surface area contributed by atoms with Crippen LogP contribution in [0.2, 0.25) is 0 Å². The minimum Gasteiger partial charge on any atom is -0.332 e. The number of nitrogens with zero attached hydrogens (tertiary/aromatic N) is 4. The highest BCUT2D eigenvalue weighted by molar-refractivity contribution is 5.84. The minimum atomic E-state index is -0.170. The van der Waals surface area contributed by atoms with Crippen LogP contribution in [0.1, 0.15) is 44.1 Å². The van der Waals surface area contributed by atoms with Gasteiger partial charge in [-0.3, -0.25) is 0 Å². The lowest BCUT2D eigenvalue weighted by Gasteiger charge is -2.45. The first-order valence-electron chi connectivity index (χ1n) is 33.3. The number of rotatable bonds is 18. The van der Waals surface area contributed by atoms with E-state index in [-0.39, 0.29) is 5.54 Å². The van der Waals surface area contributed by atoms with E-state index in [9.17, 15) is 0 Å². The highest BCUT2D eigenvalue weighted by Crippen LogP contribution is 2.45. The number of allylic oxidation sites excluding steroid dienone is 4. The molecule has 13 aromatic rings. The third-order valence-electron chi connectivity index (χ3n) is 18.9. The molecule has 15 rings (SSSR count). The van der Waals surface area contributed by atoms with E-state index in [4.69, 9.17) is 0 Å². The van der Waals surface area contributed by atoms with Crippen LogP contribution in [0.15, 0.2) is 382 Å². The molecule has 0 heterocycles. The Bertz CT molecular complexity index is 4750. The van der Waals surface area contributed by atoms with Gasteiger partial charge in [0.25, 0.3) is 0 Å². The van der Waals surface area contributed by atoms with Crippen LogP contribution in [0.25, 0.3) is 55.6 Å². The van der Waals surface area contributed by atoms with E-state index < -0.39 is 0 Å². The molecule has 4 heteroatoms. The summed E-state index contributed by atoms with van der Waals surface area (Å²) in [6.45, 7) is 2.41. The summed E-state index contributed by atoms with van der Waals surface area (Å²) in [6.07, 6.45) is 16.2. The SMILES string of the molecule is CC1(N(C2=CCCC=C2)c2ccc(-c3ccccc3)cc2)C=CC(c2ccc(N(c3ccccc3)c3ccc(-c4ccc(-c5ccc(N(c6ccccc6)c6ccc(-c7ccc(N(c8ccccc8)c8ccc(-c9ccccc9)cc8)cc7)cc6)cc5)cc4)cc3)cc2)CC1. The molecule has 2 aliphatic rings. The van der Waals surface area contributed by atoms with Gasteiger partial charge in [0.1, 0.15) is 0 Å². The summed E-state index contributed by atoms with van der Waals surface area (Å²) in [5.41, 5.74) is 25.5. The summed E-state index contributed by atoms with van der Waals surface area (Å²) < 4.78 is 0. The quantitative estimate of drug-likeness (QED) is 0.0794. The number of para-hydroxylation sites is 3. The molecule has 0 amide bonds. The molecule has 458 valence electrons. The fraction of sp³-hybridized carbons (Fsp3) is 0.0769. The molecular weight excluding hydrogens is 1150 g/mol. The van der Waals surface area contributed by atoms with E-state index in [2.05, 4.69) is 403 Å². The molecule has 0 saturated carbocycles. The molecule has 13 aromatic carbocycles. The molecule has 0 aliphatic heterocycles. The van der Waals surface area contributed by atoms with Crippen molar-refractivity contribution in [2.45, 2.75) is 44.1 Å². The van der Waals surface area contributed by atoms with Gasteiger partial charge in [-0.25, -0.2) is 0 Å². The summed E-state index contributed by atoms with van der Waals surface area (Å²) in [4.78, 5) is 9.58. The maximum absolute atomic E-state index is 2.57. The average molecular weight is 1220 g/mol. The van der Waals surface area contributed by atoms with Gasteiger partial charge in [0.15, 0.2) is 0 Å². The first-order chi connectivity index (χ1) is 46.9. The Labute approximate surface area is 560 Å². The largest absolute Gasteiger partial charge is 0.332 e. The van der Waals surface area contributed by atoms with Gasteiger partial charge in [0.05, 0.1) is 5.54 Å². The van der Waals surface area contributed by atoms with E-state index in [1.165, 1.54) is 55.9 Å². The Morgan fingerprint density at radius 3 is 0.821 bits per heavy atom. The van der Waals surface area contributed by atoms with Gasteiger partial charge in [-0.2, -0.15) is 0 Å². The zero-order valence-corrected chi connectivity index (χ0v) is 53.5. The number of benzene rings is 13.